The molecule has 0 unspecified atom stereocenters. The van der Waals surface area contributed by atoms with E-state index in [9.17, 15) is 0 Å². The second kappa shape index (κ2) is 6.76. The molecule has 1 aliphatic rings. The van der Waals surface area contributed by atoms with E-state index >= 15 is 0 Å². The molecule has 1 aromatic rings. The van der Waals surface area contributed by atoms with Crippen LogP contribution in [0.5, 0.6) is 0 Å². The second-order valence-corrected chi connectivity index (χ2v) is 7.51. The Labute approximate surface area is 125 Å². The Hall–Kier alpha value is -0.820. The van der Waals surface area contributed by atoms with Gasteiger partial charge in [0, 0.05) is 12.6 Å². The van der Waals surface area contributed by atoms with Crippen LogP contribution in [0.1, 0.15) is 63.6 Å². The molecular formula is C19H31N. The highest BCUT2D eigenvalue weighted by atomic mass is 14.9. The van der Waals surface area contributed by atoms with Gasteiger partial charge < -0.3 is 5.32 Å². The van der Waals surface area contributed by atoms with Crippen LogP contribution < -0.4 is 5.32 Å². The molecule has 0 aliphatic heterocycles. The van der Waals surface area contributed by atoms with Crippen LogP contribution in [0, 0.1) is 5.41 Å². The highest BCUT2D eigenvalue weighted by molar-refractivity contribution is 5.33. The van der Waals surface area contributed by atoms with Gasteiger partial charge in [-0.15, -0.1) is 0 Å². The lowest BCUT2D eigenvalue weighted by Gasteiger charge is -2.26. The minimum Gasteiger partial charge on any atom is -0.314 e. The maximum Gasteiger partial charge on any atom is 0.00106 e. The van der Waals surface area contributed by atoms with Crippen molar-refractivity contribution >= 4 is 0 Å². The minimum absolute atomic E-state index is 0.375. The van der Waals surface area contributed by atoms with Crippen LogP contribution in [0.2, 0.25) is 0 Å². The molecule has 0 amide bonds. The van der Waals surface area contributed by atoms with Crippen molar-refractivity contribution in [1.29, 1.82) is 0 Å². The molecule has 1 heteroatoms. The van der Waals surface area contributed by atoms with Crippen molar-refractivity contribution in [2.24, 2.45) is 5.41 Å². The molecule has 0 bridgehead atoms. The first kappa shape index (κ1) is 15.6. The number of nitrogens with one attached hydrogen (secondary N) is 1. The van der Waals surface area contributed by atoms with Gasteiger partial charge >= 0.3 is 0 Å². The zero-order valence-corrected chi connectivity index (χ0v) is 13.8. The van der Waals surface area contributed by atoms with Gasteiger partial charge in [0.2, 0.25) is 0 Å². The fourth-order valence-corrected chi connectivity index (χ4v) is 2.99. The van der Waals surface area contributed by atoms with Gasteiger partial charge in [-0.3, -0.25) is 0 Å². The Morgan fingerprint density at radius 3 is 2.50 bits per heavy atom. The van der Waals surface area contributed by atoms with E-state index in [2.05, 4.69) is 51.2 Å². The van der Waals surface area contributed by atoms with Crippen LogP contribution >= 0.6 is 0 Å². The van der Waals surface area contributed by atoms with Crippen molar-refractivity contribution in [3.8, 4) is 0 Å². The zero-order valence-electron chi connectivity index (χ0n) is 13.8. The Morgan fingerprint density at radius 1 is 1.10 bits per heavy atom. The summed E-state index contributed by atoms with van der Waals surface area (Å²) in [4.78, 5) is 0. The number of fused-ring (bicyclic) bond motifs is 1. The molecule has 1 nitrogen and oxygen atoms in total. The molecule has 0 spiro atoms. The first-order chi connectivity index (χ1) is 9.46. The van der Waals surface area contributed by atoms with E-state index in [1.807, 2.05) is 0 Å². The quantitative estimate of drug-likeness (QED) is 0.803. The summed E-state index contributed by atoms with van der Waals surface area (Å²) in [6, 6.07) is 7.79. The highest BCUT2D eigenvalue weighted by Gasteiger charge is 2.18. The molecule has 0 aromatic heterocycles. The van der Waals surface area contributed by atoms with Crippen molar-refractivity contribution in [2.75, 3.05) is 6.54 Å². The number of aryl methyl sites for hydroxylation is 3. The topological polar surface area (TPSA) is 12.0 Å². The van der Waals surface area contributed by atoms with Crippen LogP contribution in [0.3, 0.4) is 0 Å². The molecule has 0 saturated heterocycles. The summed E-state index contributed by atoms with van der Waals surface area (Å²) < 4.78 is 0. The first-order valence-corrected chi connectivity index (χ1v) is 8.30. The lowest BCUT2D eigenvalue weighted by atomic mass is 9.84. The fourth-order valence-electron chi connectivity index (χ4n) is 2.99. The highest BCUT2D eigenvalue weighted by Crippen LogP contribution is 2.26. The van der Waals surface area contributed by atoms with Gasteiger partial charge in [0.1, 0.15) is 0 Å². The molecular weight excluding hydrogens is 242 g/mol. The smallest absolute Gasteiger partial charge is 0.00106 e. The number of hydrogen-bond acceptors (Lipinski definition) is 1. The molecule has 1 aromatic carbocycles. The normalized spacial score (nSPS) is 15.4. The number of hydrogen-bond donors (Lipinski definition) is 1. The molecule has 0 fully saturated rings. The summed E-state index contributed by atoms with van der Waals surface area (Å²) in [6.45, 7) is 10.3. The third-order valence-electron chi connectivity index (χ3n) is 4.49. The van der Waals surface area contributed by atoms with Crippen LogP contribution in [-0.2, 0) is 19.3 Å². The minimum atomic E-state index is 0.375. The Bertz CT molecular complexity index is 431. The summed E-state index contributed by atoms with van der Waals surface area (Å²) in [5, 5.41) is 3.57. The molecule has 112 valence electrons. The molecule has 0 heterocycles. The third-order valence-corrected chi connectivity index (χ3v) is 4.49. The van der Waals surface area contributed by atoms with Gasteiger partial charge in [-0.25, -0.2) is 0 Å². The summed E-state index contributed by atoms with van der Waals surface area (Å²) in [5.41, 5.74) is 5.12. The average Bonchev–Trinajstić information content (AvgIpc) is 2.43. The van der Waals surface area contributed by atoms with E-state index in [1.54, 1.807) is 11.1 Å². The van der Waals surface area contributed by atoms with Gasteiger partial charge in [0.15, 0.2) is 0 Å². The molecule has 0 saturated carbocycles. The fraction of sp³-hybridized carbons (Fsp3) is 0.684. The van der Waals surface area contributed by atoms with E-state index in [0.29, 0.717) is 11.5 Å². The predicted molar refractivity (Wildman–Crippen MR) is 88.3 cm³/mol. The van der Waals surface area contributed by atoms with Crippen LogP contribution in [0.15, 0.2) is 18.2 Å². The van der Waals surface area contributed by atoms with E-state index < -0.39 is 0 Å². The Kier molecular flexibility index (Phi) is 5.26. The number of benzene rings is 1. The standard InChI is InChI=1S/C19H31N/c1-15(2)20-14-19(3,4)12-11-16-9-10-17-7-5-6-8-18(17)13-16/h9-10,13,15,20H,5-8,11-12,14H2,1-4H3. The summed E-state index contributed by atoms with van der Waals surface area (Å²) in [7, 11) is 0. The maximum absolute atomic E-state index is 3.57. The van der Waals surface area contributed by atoms with E-state index in [0.717, 1.165) is 6.54 Å². The second-order valence-electron chi connectivity index (χ2n) is 7.51. The van der Waals surface area contributed by atoms with E-state index in [-0.39, 0.29) is 0 Å². The molecule has 1 N–H and O–H groups in total. The number of rotatable bonds is 6. The van der Waals surface area contributed by atoms with Gasteiger partial charge in [-0.1, -0.05) is 45.9 Å². The molecule has 2 rings (SSSR count). The van der Waals surface area contributed by atoms with E-state index in [1.165, 1.54) is 44.1 Å². The van der Waals surface area contributed by atoms with Gasteiger partial charge in [0.25, 0.3) is 0 Å². The van der Waals surface area contributed by atoms with Crippen LogP contribution in [-0.4, -0.2) is 12.6 Å². The largest absolute Gasteiger partial charge is 0.314 e. The van der Waals surface area contributed by atoms with Gasteiger partial charge in [0.05, 0.1) is 0 Å². The van der Waals surface area contributed by atoms with Crippen molar-refractivity contribution < 1.29 is 0 Å². The summed E-state index contributed by atoms with van der Waals surface area (Å²) in [6.07, 6.45) is 7.80. The van der Waals surface area contributed by atoms with Crippen molar-refractivity contribution in [3.63, 3.8) is 0 Å². The Balaban J connectivity index is 1.90. The summed E-state index contributed by atoms with van der Waals surface area (Å²) >= 11 is 0. The molecule has 1 aliphatic carbocycles. The van der Waals surface area contributed by atoms with Crippen LogP contribution in [0.4, 0.5) is 0 Å². The molecule has 0 atom stereocenters. The van der Waals surface area contributed by atoms with Crippen molar-refractivity contribution in [3.05, 3.63) is 34.9 Å². The van der Waals surface area contributed by atoms with Gasteiger partial charge in [-0.2, -0.15) is 0 Å². The van der Waals surface area contributed by atoms with Gasteiger partial charge in [-0.05, 0) is 60.6 Å². The first-order valence-electron chi connectivity index (χ1n) is 8.30. The van der Waals surface area contributed by atoms with Crippen LogP contribution in [0.25, 0.3) is 0 Å². The average molecular weight is 273 g/mol. The molecule has 20 heavy (non-hydrogen) atoms. The van der Waals surface area contributed by atoms with Crippen molar-refractivity contribution in [1.82, 2.24) is 5.32 Å². The van der Waals surface area contributed by atoms with E-state index in [4.69, 9.17) is 0 Å². The maximum atomic E-state index is 3.57. The monoisotopic (exact) mass is 273 g/mol. The van der Waals surface area contributed by atoms with Crippen molar-refractivity contribution in [2.45, 2.75) is 72.3 Å². The predicted octanol–water partition coefficient (Wildman–Crippen LogP) is 4.52. The third kappa shape index (κ3) is 4.63. The SMILES string of the molecule is CC(C)NCC(C)(C)CCc1ccc2c(c1)CCCC2. The zero-order chi connectivity index (χ0) is 14.6. The summed E-state index contributed by atoms with van der Waals surface area (Å²) in [5.74, 6) is 0. The lowest BCUT2D eigenvalue weighted by Crippen LogP contribution is -2.34. The Morgan fingerprint density at radius 2 is 1.80 bits per heavy atom. The molecule has 0 radical (unpaired) electrons. The lowest BCUT2D eigenvalue weighted by molar-refractivity contribution is 0.304.